The highest BCUT2D eigenvalue weighted by Crippen LogP contribution is 2.22. The highest BCUT2D eigenvalue weighted by molar-refractivity contribution is 7.14. The van der Waals surface area contributed by atoms with Crippen molar-refractivity contribution in [3.05, 3.63) is 40.4 Å². The van der Waals surface area contributed by atoms with Gasteiger partial charge in [-0.15, -0.1) is 11.3 Å². The van der Waals surface area contributed by atoms with Crippen LogP contribution in [0.4, 0.5) is 5.13 Å². The van der Waals surface area contributed by atoms with Crippen LogP contribution in [0.3, 0.4) is 0 Å². The summed E-state index contributed by atoms with van der Waals surface area (Å²) in [6.45, 7) is 3.34. The molecule has 0 aliphatic carbocycles. The van der Waals surface area contributed by atoms with E-state index in [0.29, 0.717) is 22.0 Å². The smallest absolute Gasteiger partial charge is 0.257 e. The normalized spacial score (nSPS) is 12.2. The molecule has 0 aliphatic rings. The molecule has 6 heteroatoms. The minimum atomic E-state index is -0.655. The number of anilines is 1. The van der Waals surface area contributed by atoms with Crippen molar-refractivity contribution in [2.45, 2.75) is 20.0 Å². The Hall–Kier alpha value is -1.92. The lowest BCUT2D eigenvalue weighted by Crippen LogP contribution is -2.12. The number of aromatic nitrogens is 1. The minimum absolute atomic E-state index is 0.155. The number of benzene rings is 1. The molecule has 0 aliphatic heterocycles. The summed E-state index contributed by atoms with van der Waals surface area (Å²) in [5.41, 5.74) is 1.61. The maximum absolute atomic E-state index is 12.0. The van der Waals surface area contributed by atoms with E-state index < -0.39 is 6.10 Å². The van der Waals surface area contributed by atoms with Crippen molar-refractivity contribution < 1.29 is 15.0 Å². The molecule has 0 radical (unpaired) electrons. The second kappa shape index (κ2) is 5.38. The van der Waals surface area contributed by atoms with E-state index in [-0.39, 0.29) is 11.7 Å². The molecule has 0 saturated carbocycles. The second-order valence-electron chi connectivity index (χ2n) is 4.21. The Morgan fingerprint density at radius 1 is 1.47 bits per heavy atom. The first-order valence-corrected chi connectivity index (χ1v) is 6.60. The minimum Gasteiger partial charge on any atom is -0.508 e. The molecule has 1 aromatic carbocycles. The zero-order valence-electron chi connectivity index (χ0n) is 10.5. The lowest BCUT2D eigenvalue weighted by Gasteiger charge is -2.04. The molecule has 100 valence electrons. The van der Waals surface area contributed by atoms with Crippen LogP contribution < -0.4 is 5.32 Å². The molecule has 1 amide bonds. The average molecular weight is 278 g/mol. The summed E-state index contributed by atoms with van der Waals surface area (Å²) < 4.78 is 0. The standard InChI is InChI=1S/C13H14N2O3S/c1-7-5-9(3-4-11(7)17)12(18)15-13-14-10(6-19-13)8(2)16/h3-6,8,16-17H,1-2H3,(H,14,15,18). The van der Waals surface area contributed by atoms with Crippen LogP contribution in [0.2, 0.25) is 0 Å². The van der Waals surface area contributed by atoms with Crippen molar-refractivity contribution in [3.63, 3.8) is 0 Å². The number of aliphatic hydroxyl groups is 1. The number of rotatable bonds is 3. The molecule has 1 aromatic heterocycles. The molecule has 5 nitrogen and oxygen atoms in total. The van der Waals surface area contributed by atoms with Crippen molar-refractivity contribution in [1.82, 2.24) is 4.98 Å². The van der Waals surface area contributed by atoms with E-state index in [1.807, 2.05) is 0 Å². The Labute approximate surface area is 114 Å². The number of phenols is 1. The summed E-state index contributed by atoms with van der Waals surface area (Å²) in [7, 11) is 0. The van der Waals surface area contributed by atoms with Gasteiger partial charge in [0.15, 0.2) is 5.13 Å². The van der Waals surface area contributed by atoms with Gasteiger partial charge in [0.25, 0.3) is 5.91 Å². The largest absolute Gasteiger partial charge is 0.508 e. The maximum Gasteiger partial charge on any atom is 0.257 e. The third-order valence-corrected chi connectivity index (χ3v) is 3.41. The first kappa shape index (κ1) is 13.5. The van der Waals surface area contributed by atoms with Crippen LogP contribution in [0.5, 0.6) is 5.75 Å². The van der Waals surface area contributed by atoms with Crippen LogP contribution in [0.25, 0.3) is 0 Å². The zero-order valence-corrected chi connectivity index (χ0v) is 11.4. The van der Waals surface area contributed by atoms with Gasteiger partial charge in [0.1, 0.15) is 5.75 Å². The predicted molar refractivity (Wildman–Crippen MR) is 73.5 cm³/mol. The Morgan fingerprint density at radius 2 is 2.21 bits per heavy atom. The fourth-order valence-electron chi connectivity index (χ4n) is 1.50. The molecule has 2 aromatic rings. The number of carbonyl (C=O) groups excluding carboxylic acids is 1. The number of aryl methyl sites for hydroxylation is 1. The number of hydrogen-bond donors (Lipinski definition) is 3. The van der Waals surface area contributed by atoms with Crippen molar-refractivity contribution >= 4 is 22.4 Å². The quantitative estimate of drug-likeness (QED) is 0.805. The monoisotopic (exact) mass is 278 g/mol. The number of thiazole rings is 1. The van der Waals surface area contributed by atoms with Gasteiger partial charge in [-0.05, 0) is 37.6 Å². The molecule has 2 rings (SSSR count). The van der Waals surface area contributed by atoms with Crippen LogP contribution in [0.1, 0.15) is 34.6 Å². The molecular weight excluding hydrogens is 264 g/mol. The van der Waals surface area contributed by atoms with E-state index in [1.165, 1.54) is 17.4 Å². The summed E-state index contributed by atoms with van der Waals surface area (Å²) in [6, 6.07) is 4.63. The molecule has 0 spiro atoms. The van der Waals surface area contributed by atoms with Crippen LogP contribution >= 0.6 is 11.3 Å². The van der Waals surface area contributed by atoms with E-state index in [0.717, 1.165) is 0 Å². The first-order valence-electron chi connectivity index (χ1n) is 5.72. The van der Waals surface area contributed by atoms with Crippen molar-refractivity contribution in [2.75, 3.05) is 5.32 Å². The van der Waals surface area contributed by atoms with Gasteiger partial charge in [-0.1, -0.05) is 0 Å². The topological polar surface area (TPSA) is 82.5 Å². The summed E-state index contributed by atoms with van der Waals surface area (Å²) in [6.07, 6.45) is -0.655. The number of phenolic OH excluding ortho intramolecular Hbond substituents is 1. The number of amides is 1. The Kier molecular flexibility index (Phi) is 3.82. The van der Waals surface area contributed by atoms with Crippen molar-refractivity contribution in [3.8, 4) is 5.75 Å². The average Bonchev–Trinajstić information content (AvgIpc) is 2.81. The van der Waals surface area contributed by atoms with E-state index in [4.69, 9.17) is 0 Å². The van der Waals surface area contributed by atoms with Gasteiger partial charge in [0.05, 0.1) is 11.8 Å². The second-order valence-corrected chi connectivity index (χ2v) is 5.07. The van der Waals surface area contributed by atoms with Gasteiger partial charge >= 0.3 is 0 Å². The van der Waals surface area contributed by atoms with E-state index >= 15 is 0 Å². The first-order chi connectivity index (χ1) is 8.97. The van der Waals surface area contributed by atoms with Gasteiger partial charge < -0.3 is 10.2 Å². The zero-order chi connectivity index (χ0) is 14.0. The van der Waals surface area contributed by atoms with Gasteiger partial charge in [-0.3, -0.25) is 10.1 Å². The molecule has 1 heterocycles. The number of hydrogen-bond acceptors (Lipinski definition) is 5. The third kappa shape index (κ3) is 3.10. The van der Waals surface area contributed by atoms with E-state index in [2.05, 4.69) is 10.3 Å². The van der Waals surface area contributed by atoms with Gasteiger partial charge in [0, 0.05) is 10.9 Å². The van der Waals surface area contributed by atoms with E-state index in [1.54, 1.807) is 31.4 Å². The summed E-state index contributed by atoms with van der Waals surface area (Å²) in [4.78, 5) is 16.1. The number of nitrogens with zero attached hydrogens (tertiary/aromatic N) is 1. The van der Waals surface area contributed by atoms with Crippen molar-refractivity contribution in [2.24, 2.45) is 0 Å². The Morgan fingerprint density at radius 3 is 2.79 bits per heavy atom. The Bertz CT molecular complexity index is 608. The molecule has 0 fully saturated rings. The lowest BCUT2D eigenvalue weighted by atomic mass is 10.1. The van der Waals surface area contributed by atoms with Crippen molar-refractivity contribution in [1.29, 1.82) is 0 Å². The van der Waals surface area contributed by atoms with E-state index in [9.17, 15) is 15.0 Å². The molecule has 0 saturated heterocycles. The number of nitrogens with one attached hydrogen (secondary N) is 1. The van der Waals surface area contributed by atoms with Crippen LogP contribution in [0.15, 0.2) is 23.6 Å². The third-order valence-electron chi connectivity index (χ3n) is 2.63. The maximum atomic E-state index is 12.0. The number of carbonyl (C=O) groups is 1. The van der Waals surface area contributed by atoms with Crippen LogP contribution in [-0.2, 0) is 0 Å². The summed E-state index contributed by atoms with van der Waals surface area (Å²) in [5, 5.41) is 23.6. The molecular formula is C13H14N2O3S. The van der Waals surface area contributed by atoms with Gasteiger partial charge in [-0.25, -0.2) is 4.98 Å². The highest BCUT2D eigenvalue weighted by atomic mass is 32.1. The summed E-state index contributed by atoms with van der Waals surface area (Å²) >= 11 is 1.26. The highest BCUT2D eigenvalue weighted by Gasteiger charge is 2.11. The lowest BCUT2D eigenvalue weighted by molar-refractivity contribution is 0.102. The molecule has 1 atom stereocenters. The Balaban J connectivity index is 2.13. The fraction of sp³-hybridized carbons (Fsp3) is 0.231. The van der Waals surface area contributed by atoms with Crippen LogP contribution in [0, 0.1) is 6.92 Å². The molecule has 1 unspecified atom stereocenters. The molecule has 3 N–H and O–H groups in total. The fourth-order valence-corrected chi connectivity index (χ4v) is 2.29. The molecule has 0 bridgehead atoms. The van der Waals surface area contributed by atoms with Crippen LogP contribution in [-0.4, -0.2) is 21.1 Å². The predicted octanol–water partition coefficient (Wildman–Crippen LogP) is 2.46. The SMILES string of the molecule is Cc1cc(C(=O)Nc2nc(C(C)O)cs2)ccc1O. The van der Waals surface area contributed by atoms with Gasteiger partial charge in [0.2, 0.25) is 0 Å². The number of aliphatic hydroxyl groups excluding tert-OH is 1. The number of aromatic hydroxyl groups is 1. The van der Waals surface area contributed by atoms with Gasteiger partial charge in [-0.2, -0.15) is 0 Å². The summed E-state index contributed by atoms with van der Waals surface area (Å²) in [5.74, 6) is -0.142. The molecule has 19 heavy (non-hydrogen) atoms.